The van der Waals surface area contributed by atoms with E-state index in [1.165, 1.54) is 30.5 Å². The maximum absolute atomic E-state index is 13.9. The molecule has 7 rings (SSSR count). The summed E-state index contributed by atoms with van der Waals surface area (Å²) in [7, 11) is 0. The molecule has 56 heavy (non-hydrogen) atoms. The van der Waals surface area contributed by atoms with Gasteiger partial charge in [-0.15, -0.1) is 13.2 Å². The van der Waals surface area contributed by atoms with Gasteiger partial charge in [0, 0.05) is 28.5 Å². The van der Waals surface area contributed by atoms with E-state index in [4.69, 9.17) is 26.1 Å². The van der Waals surface area contributed by atoms with Gasteiger partial charge < -0.3 is 19.5 Å². The van der Waals surface area contributed by atoms with Gasteiger partial charge in [-0.05, 0) is 117 Å². The van der Waals surface area contributed by atoms with Crippen molar-refractivity contribution in [3.05, 3.63) is 119 Å². The molecule has 2 fully saturated rings. The van der Waals surface area contributed by atoms with Crippen LogP contribution in [0, 0.1) is 12.8 Å². The second-order valence-electron chi connectivity index (χ2n) is 14.0. The molecule has 2 aliphatic rings. The molecule has 1 amide bonds. The number of hydrogen-bond donors (Lipinski definition) is 1. The predicted molar refractivity (Wildman–Crippen MR) is 202 cm³/mol. The number of aryl methyl sites for hydroxylation is 3. The first-order valence-electron chi connectivity index (χ1n) is 18.5. The van der Waals surface area contributed by atoms with E-state index in [2.05, 4.69) is 25.0 Å². The van der Waals surface area contributed by atoms with Crippen LogP contribution >= 0.6 is 11.6 Å². The minimum absolute atomic E-state index is 0.0779. The van der Waals surface area contributed by atoms with Crippen LogP contribution in [-0.2, 0) is 17.6 Å². The Balaban J connectivity index is 1.10. The minimum Gasteiger partial charge on any atom is -0.477 e. The number of ether oxygens (including phenoxy) is 3. The predicted octanol–water partition coefficient (Wildman–Crippen LogP) is 8.93. The first-order chi connectivity index (χ1) is 27.0. The van der Waals surface area contributed by atoms with Crippen molar-refractivity contribution in [1.29, 1.82) is 0 Å². The Labute approximate surface area is 326 Å². The van der Waals surface area contributed by atoms with E-state index < -0.39 is 30.2 Å². The van der Waals surface area contributed by atoms with Crippen LogP contribution in [-0.4, -0.2) is 56.9 Å². The van der Waals surface area contributed by atoms with Gasteiger partial charge in [0.1, 0.15) is 11.9 Å². The molecule has 0 aliphatic heterocycles. The first kappa shape index (κ1) is 38.7. The Bertz CT molecular complexity index is 2170. The number of aromatic nitrogens is 4. The van der Waals surface area contributed by atoms with Crippen molar-refractivity contribution in [1.82, 2.24) is 25.3 Å². The third-order valence-electron chi connectivity index (χ3n) is 9.80. The van der Waals surface area contributed by atoms with Gasteiger partial charge in [-0.1, -0.05) is 36.2 Å². The largest absolute Gasteiger partial charge is 0.573 e. The molecule has 2 saturated carbocycles. The summed E-state index contributed by atoms with van der Waals surface area (Å²) in [6.07, 6.45) is 5.16. The molecule has 10 nitrogen and oxygen atoms in total. The number of nitrogens with zero attached hydrogens (tertiary/aromatic N) is 4. The van der Waals surface area contributed by atoms with Crippen LogP contribution in [0.4, 0.5) is 13.2 Å². The molecule has 1 N–H and O–H groups in total. The number of halogens is 4. The zero-order valence-electron chi connectivity index (χ0n) is 30.5. The fraction of sp³-hybridized carbons (Fsp3) is 0.333. The Morgan fingerprint density at radius 2 is 1.66 bits per heavy atom. The SMILES string of the molecule is Cc1nc(OCC2CC2)c(-c2ccc(Cl)cc2)cc1C(=O)N[C@@H]1CCCC[C@H]1OC(=O)c1cnc(CCc2cccnc2)c(-c2ccc(OC(F)(F)F)cc2)n1. The molecule has 290 valence electrons. The molecular weight excluding hydrogens is 747 g/mol. The summed E-state index contributed by atoms with van der Waals surface area (Å²) in [5.41, 5.74) is 4.51. The summed E-state index contributed by atoms with van der Waals surface area (Å²) in [6.45, 7) is 2.31. The van der Waals surface area contributed by atoms with E-state index in [0.717, 1.165) is 36.8 Å². The number of benzene rings is 2. The van der Waals surface area contributed by atoms with E-state index in [9.17, 15) is 22.8 Å². The number of esters is 1. The van der Waals surface area contributed by atoms with E-state index in [1.807, 2.05) is 24.3 Å². The third-order valence-corrected chi connectivity index (χ3v) is 10.1. The molecule has 0 spiro atoms. The molecule has 2 atom stereocenters. The average Bonchev–Trinajstić information content (AvgIpc) is 4.02. The highest BCUT2D eigenvalue weighted by atomic mass is 35.5. The topological polar surface area (TPSA) is 125 Å². The van der Waals surface area contributed by atoms with Crippen LogP contribution in [0.15, 0.2) is 85.3 Å². The maximum Gasteiger partial charge on any atom is 0.573 e. The molecule has 2 aliphatic carbocycles. The Hall–Kier alpha value is -5.56. The van der Waals surface area contributed by atoms with Gasteiger partial charge in [0.05, 0.1) is 41.5 Å². The average molecular weight is 786 g/mol. The zero-order chi connectivity index (χ0) is 39.2. The van der Waals surface area contributed by atoms with Gasteiger partial charge in [-0.2, -0.15) is 0 Å². The third kappa shape index (κ3) is 9.99. The molecule has 3 aromatic heterocycles. The van der Waals surface area contributed by atoms with Crippen LogP contribution in [0.5, 0.6) is 11.6 Å². The molecular formula is C42H39ClF3N5O5. The Kier molecular flexibility index (Phi) is 11.8. The van der Waals surface area contributed by atoms with Gasteiger partial charge in [0.15, 0.2) is 5.69 Å². The van der Waals surface area contributed by atoms with Gasteiger partial charge in [0.2, 0.25) is 5.88 Å². The van der Waals surface area contributed by atoms with Gasteiger partial charge in [-0.25, -0.2) is 14.8 Å². The maximum atomic E-state index is 13.9. The van der Waals surface area contributed by atoms with Crippen molar-refractivity contribution in [2.24, 2.45) is 5.92 Å². The number of rotatable bonds is 13. The monoisotopic (exact) mass is 785 g/mol. The molecule has 0 radical (unpaired) electrons. The number of pyridine rings is 2. The molecule has 2 aromatic carbocycles. The minimum atomic E-state index is -4.85. The molecule has 14 heteroatoms. The smallest absolute Gasteiger partial charge is 0.477 e. The lowest BCUT2D eigenvalue weighted by Gasteiger charge is -2.31. The van der Waals surface area contributed by atoms with E-state index in [-0.39, 0.29) is 11.6 Å². The van der Waals surface area contributed by atoms with Gasteiger partial charge >= 0.3 is 12.3 Å². The first-order valence-corrected chi connectivity index (χ1v) is 18.9. The van der Waals surface area contributed by atoms with E-state index in [0.29, 0.717) is 82.9 Å². The summed E-state index contributed by atoms with van der Waals surface area (Å²) in [5, 5.41) is 3.68. The number of carbonyl (C=O) groups excluding carboxylic acids is 2. The van der Waals surface area contributed by atoms with Crippen LogP contribution in [0.3, 0.4) is 0 Å². The van der Waals surface area contributed by atoms with Crippen molar-refractivity contribution >= 4 is 23.5 Å². The lowest BCUT2D eigenvalue weighted by atomic mass is 9.92. The number of hydrogen-bond acceptors (Lipinski definition) is 9. The van der Waals surface area contributed by atoms with Crippen LogP contribution in [0.1, 0.15) is 76.3 Å². The number of amides is 1. The fourth-order valence-corrected chi connectivity index (χ4v) is 6.76. The van der Waals surface area contributed by atoms with Crippen molar-refractivity contribution in [2.75, 3.05) is 6.61 Å². The van der Waals surface area contributed by atoms with Crippen molar-refractivity contribution < 1.29 is 37.0 Å². The highest BCUT2D eigenvalue weighted by molar-refractivity contribution is 6.30. The van der Waals surface area contributed by atoms with Crippen LogP contribution in [0.2, 0.25) is 5.02 Å². The standard InChI is InChI=1S/C42H39ClF3N5O5/c1-25-32(21-33(28-11-15-30(43)16-12-28)40(49-25)54-24-27-8-9-27)39(52)51-34-6-2-3-7-37(34)55-41(53)36-23-48-35(19-10-26-5-4-20-47-22-26)38(50-36)29-13-17-31(18-14-29)56-42(44,45)46/h4-5,11-18,20-23,27,34,37H,2-3,6-10,19,24H2,1H3,(H,51,52)/t34-,37-/m1/s1. The summed E-state index contributed by atoms with van der Waals surface area (Å²) >= 11 is 6.16. The fourth-order valence-electron chi connectivity index (χ4n) is 6.64. The van der Waals surface area contributed by atoms with Crippen molar-refractivity contribution in [3.63, 3.8) is 0 Å². The zero-order valence-corrected chi connectivity index (χ0v) is 31.3. The number of nitrogens with one attached hydrogen (secondary N) is 1. The summed E-state index contributed by atoms with van der Waals surface area (Å²) in [6, 6.07) is 17.5. The normalized spacial score (nSPS) is 16.9. The molecule has 0 saturated heterocycles. The summed E-state index contributed by atoms with van der Waals surface area (Å²) in [5.74, 6) is -0.528. The van der Waals surface area contributed by atoms with Gasteiger partial charge in [-0.3, -0.25) is 14.8 Å². The second kappa shape index (κ2) is 17.1. The summed E-state index contributed by atoms with van der Waals surface area (Å²) < 4.78 is 54.7. The van der Waals surface area contributed by atoms with Gasteiger partial charge in [0.25, 0.3) is 5.91 Å². The number of alkyl halides is 3. The quantitative estimate of drug-likeness (QED) is 0.117. The van der Waals surface area contributed by atoms with E-state index in [1.54, 1.807) is 37.5 Å². The molecule has 5 aromatic rings. The Morgan fingerprint density at radius 3 is 2.38 bits per heavy atom. The molecule has 0 unspecified atom stereocenters. The number of carbonyl (C=O) groups is 2. The second-order valence-corrected chi connectivity index (χ2v) is 14.5. The molecule has 3 heterocycles. The summed E-state index contributed by atoms with van der Waals surface area (Å²) in [4.78, 5) is 45.7. The Morgan fingerprint density at radius 1 is 0.911 bits per heavy atom. The van der Waals surface area contributed by atoms with Crippen LogP contribution in [0.25, 0.3) is 22.4 Å². The lowest BCUT2D eigenvalue weighted by molar-refractivity contribution is -0.274. The highest BCUT2D eigenvalue weighted by Gasteiger charge is 2.33. The highest BCUT2D eigenvalue weighted by Crippen LogP contribution is 2.35. The van der Waals surface area contributed by atoms with Crippen molar-refractivity contribution in [3.8, 4) is 34.0 Å². The lowest BCUT2D eigenvalue weighted by Crippen LogP contribution is -2.47. The molecule has 0 bridgehead atoms. The van der Waals surface area contributed by atoms with Crippen molar-refractivity contribution in [2.45, 2.75) is 76.8 Å². The van der Waals surface area contributed by atoms with Crippen LogP contribution < -0.4 is 14.8 Å². The van der Waals surface area contributed by atoms with E-state index >= 15 is 0 Å².